The van der Waals surface area contributed by atoms with Gasteiger partial charge in [0.05, 0.1) is 11.2 Å². The zero-order valence-corrected chi connectivity index (χ0v) is 7.63. The molecule has 2 aromatic rings. The van der Waals surface area contributed by atoms with Gasteiger partial charge in [0.15, 0.2) is 0 Å². The summed E-state index contributed by atoms with van der Waals surface area (Å²) in [4.78, 5) is 14.5. The lowest BCUT2D eigenvalue weighted by Crippen LogP contribution is -2.10. The molecule has 14 heavy (non-hydrogen) atoms. The Morgan fingerprint density at radius 3 is 3.00 bits per heavy atom. The van der Waals surface area contributed by atoms with Crippen molar-refractivity contribution >= 4 is 16.6 Å². The van der Waals surface area contributed by atoms with Gasteiger partial charge in [-0.15, -0.1) is 0 Å². The van der Waals surface area contributed by atoms with Crippen LogP contribution in [0.5, 0.6) is 0 Å². The summed E-state index contributed by atoms with van der Waals surface area (Å²) in [6.07, 6.45) is 0.829. The lowest BCUT2D eigenvalue weighted by Gasteiger charge is -2.04. The van der Waals surface area contributed by atoms with Gasteiger partial charge in [-0.3, -0.25) is 4.79 Å². The van der Waals surface area contributed by atoms with Gasteiger partial charge in [-0.05, 0) is 12.5 Å². The first-order chi connectivity index (χ1) is 6.86. The topological polar surface area (TPSA) is 44.9 Å². The second-order valence-electron chi connectivity index (χ2n) is 3.53. The summed E-state index contributed by atoms with van der Waals surface area (Å²) in [5.74, 6) is 0. The minimum absolute atomic E-state index is 0.0451. The van der Waals surface area contributed by atoms with Crippen LogP contribution in [-0.2, 0) is 6.42 Å². The Hall–Kier alpha value is -1.77. The number of pyridine rings is 1. The summed E-state index contributed by atoms with van der Waals surface area (Å²) in [6, 6.07) is 7.87. The van der Waals surface area contributed by atoms with E-state index < -0.39 is 0 Å². The van der Waals surface area contributed by atoms with Crippen LogP contribution in [0.1, 0.15) is 5.56 Å². The van der Waals surface area contributed by atoms with Gasteiger partial charge < -0.3 is 10.3 Å². The van der Waals surface area contributed by atoms with Crippen LogP contribution in [0.25, 0.3) is 10.9 Å². The number of hydrogen-bond donors (Lipinski definition) is 2. The molecule has 0 radical (unpaired) electrons. The van der Waals surface area contributed by atoms with Gasteiger partial charge in [-0.1, -0.05) is 18.2 Å². The molecule has 1 aromatic carbocycles. The molecule has 2 N–H and O–H groups in total. The summed E-state index contributed by atoms with van der Waals surface area (Å²) in [6.45, 7) is 0.867. The predicted octanol–water partition coefficient (Wildman–Crippen LogP) is 1.50. The van der Waals surface area contributed by atoms with Crippen molar-refractivity contribution in [2.75, 3.05) is 11.9 Å². The molecule has 3 nitrogen and oxygen atoms in total. The summed E-state index contributed by atoms with van der Waals surface area (Å²) < 4.78 is 0. The number of benzene rings is 1. The van der Waals surface area contributed by atoms with Crippen molar-refractivity contribution in [1.82, 2.24) is 4.98 Å². The molecule has 0 bridgehead atoms. The minimum Gasteiger partial charge on any atom is -0.384 e. The maximum absolute atomic E-state index is 11.6. The summed E-state index contributed by atoms with van der Waals surface area (Å²) >= 11 is 0. The van der Waals surface area contributed by atoms with E-state index in [2.05, 4.69) is 10.3 Å². The number of hydrogen-bond acceptors (Lipinski definition) is 2. The molecule has 0 saturated carbocycles. The van der Waals surface area contributed by atoms with Crippen molar-refractivity contribution in [3.8, 4) is 0 Å². The fourth-order valence-corrected chi connectivity index (χ4v) is 2.04. The Labute approximate surface area is 80.8 Å². The molecule has 1 aliphatic heterocycles. The Morgan fingerprint density at radius 1 is 1.21 bits per heavy atom. The van der Waals surface area contributed by atoms with Crippen LogP contribution < -0.4 is 10.9 Å². The van der Waals surface area contributed by atoms with Crippen LogP contribution >= 0.6 is 0 Å². The molecule has 0 amide bonds. The van der Waals surface area contributed by atoms with E-state index in [4.69, 9.17) is 0 Å². The van der Waals surface area contributed by atoms with Gasteiger partial charge in [-0.2, -0.15) is 0 Å². The number of anilines is 1. The number of aromatic nitrogens is 1. The van der Waals surface area contributed by atoms with Crippen molar-refractivity contribution in [2.45, 2.75) is 6.42 Å². The van der Waals surface area contributed by atoms with Crippen LogP contribution in [-0.4, -0.2) is 11.5 Å². The third-order valence-electron chi connectivity index (χ3n) is 2.70. The molecule has 0 spiro atoms. The summed E-state index contributed by atoms with van der Waals surface area (Å²) in [5.41, 5.74) is 2.86. The van der Waals surface area contributed by atoms with Crippen LogP contribution in [0.3, 0.4) is 0 Å². The lowest BCUT2D eigenvalue weighted by molar-refractivity contribution is 1.07. The van der Waals surface area contributed by atoms with Gasteiger partial charge >= 0.3 is 0 Å². The molecule has 70 valence electrons. The van der Waals surface area contributed by atoms with Crippen molar-refractivity contribution in [1.29, 1.82) is 0 Å². The normalized spacial score (nSPS) is 14.0. The van der Waals surface area contributed by atoms with Gasteiger partial charge in [0.1, 0.15) is 0 Å². The first-order valence-electron chi connectivity index (χ1n) is 4.74. The summed E-state index contributed by atoms with van der Waals surface area (Å²) in [5, 5.41) is 4.37. The van der Waals surface area contributed by atoms with Crippen molar-refractivity contribution in [3.63, 3.8) is 0 Å². The van der Waals surface area contributed by atoms with Crippen molar-refractivity contribution < 1.29 is 0 Å². The van der Waals surface area contributed by atoms with E-state index in [0.717, 1.165) is 35.1 Å². The highest BCUT2D eigenvalue weighted by Gasteiger charge is 2.16. The highest BCUT2D eigenvalue weighted by atomic mass is 16.1. The van der Waals surface area contributed by atoms with E-state index >= 15 is 0 Å². The second kappa shape index (κ2) is 2.61. The fraction of sp³-hybridized carbons (Fsp3) is 0.182. The van der Waals surface area contributed by atoms with Crippen LogP contribution in [0.4, 0.5) is 5.69 Å². The summed E-state index contributed by atoms with van der Waals surface area (Å²) in [7, 11) is 0. The van der Waals surface area contributed by atoms with E-state index in [0.29, 0.717) is 0 Å². The van der Waals surface area contributed by atoms with Gasteiger partial charge in [0.2, 0.25) is 0 Å². The number of H-pyrrole nitrogens is 1. The zero-order valence-electron chi connectivity index (χ0n) is 7.63. The maximum Gasteiger partial charge on any atom is 0.253 e. The Morgan fingerprint density at radius 2 is 2.07 bits per heavy atom. The van der Waals surface area contributed by atoms with Crippen molar-refractivity contribution in [2.24, 2.45) is 0 Å². The molecular formula is C11H10N2O. The molecule has 0 unspecified atom stereocenters. The average molecular weight is 186 g/mol. The molecular weight excluding hydrogens is 176 g/mol. The number of rotatable bonds is 0. The number of para-hydroxylation sites is 1. The van der Waals surface area contributed by atoms with Gasteiger partial charge in [0.25, 0.3) is 5.56 Å². The molecule has 0 aliphatic carbocycles. The Bertz CT molecular complexity index is 557. The molecule has 0 atom stereocenters. The van der Waals surface area contributed by atoms with Crippen LogP contribution in [0, 0.1) is 0 Å². The maximum atomic E-state index is 11.6. The third kappa shape index (κ3) is 0.894. The monoisotopic (exact) mass is 186 g/mol. The highest BCUT2D eigenvalue weighted by molar-refractivity contribution is 5.93. The van der Waals surface area contributed by atoms with E-state index in [-0.39, 0.29) is 5.56 Å². The molecule has 2 heterocycles. The van der Waals surface area contributed by atoms with Gasteiger partial charge in [-0.25, -0.2) is 0 Å². The largest absolute Gasteiger partial charge is 0.384 e. The standard InChI is InChI=1S/C11H10N2O/c14-11-8-5-6-12-10(8)7-3-1-2-4-9(7)13-11/h1-4,12H,5-6H2,(H,13,14). The minimum atomic E-state index is 0.0451. The SMILES string of the molecule is O=c1[nH]c2ccccc2c2c1CCN2. The predicted molar refractivity (Wildman–Crippen MR) is 56.8 cm³/mol. The number of aromatic amines is 1. The molecule has 3 rings (SSSR count). The Balaban J connectivity index is 2.52. The number of fused-ring (bicyclic) bond motifs is 3. The van der Waals surface area contributed by atoms with E-state index in [1.807, 2.05) is 24.3 Å². The highest BCUT2D eigenvalue weighted by Crippen LogP contribution is 2.26. The quantitative estimate of drug-likeness (QED) is 0.654. The molecule has 1 aliphatic rings. The van der Waals surface area contributed by atoms with Crippen LogP contribution in [0.2, 0.25) is 0 Å². The Kier molecular flexibility index (Phi) is 1.42. The average Bonchev–Trinajstić information content (AvgIpc) is 2.67. The molecule has 3 heteroatoms. The first kappa shape index (κ1) is 7.62. The van der Waals surface area contributed by atoms with E-state index in [1.165, 1.54) is 0 Å². The molecule has 0 fully saturated rings. The number of nitrogens with one attached hydrogen (secondary N) is 2. The zero-order chi connectivity index (χ0) is 9.54. The molecule has 0 saturated heterocycles. The fourth-order valence-electron chi connectivity index (χ4n) is 2.04. The smallest absolute Gasteiger partial charge is 0.253 e. The third-order valence-corrected chi connectivity index (χ3v) is 2.70. The van der Waals surface area contributed by atoms with Crippen molar-refractivity contribution in [3.05, 3.63) is 40.2 Å². The van der Waals surface area contributed by atoms with Crippen LogP contribution in [0.15, 0.2) is 29.1 Å². The van der Waals surface area contributed by atoms with Gasteiger partial charge in [0, 0.05) is 17.5 Å². The van der Waals surface area contributed by atoms with E-state index in [1.54, 1.807) is 0 Å². The molecule has 1 aromatic heterocycles. The first-order valence-corrected chi connectivity index (χ1v) is 4.74. The second-order valence-corrected chi connectivity index (χ2v) is 3.53. The lowest BCUT2D eigenvalue weighted by atomic mass is 10.1. The van der Waals surface area contributed by atoms with E-state index in [9.17, 15) is 4.79 Å².